The molecule has 1 aromatic heterocycles. The molecule has 2 rings (SSSR count). The first-order valence-electron chi connectivity index (χ1n) is 6.55. The Balaban J connectivity index is 1.85. The van der Waals surface area contributed by atoms with E-state index in [1.165, 1.54) is 11.3 Å². The molecule has 0 radical (unpaired) electrons. The van der Waals surface area contributed by atoms with Crippen LogP contribution in [-0.2, 0) is 25.8 Å². The second-order valence-electron chi connectivity index (χ2n) is 4.70. The molecule has 0 saturated carbocycles. The zero-order valence-corrected chi connectivity index (χ0v) is 12.9. The molecule has 1 aliphatic heterocycles. The fraction of sp³-hybridized carbons (Fsp3) is 0.667. The van der Waals surface area contributed by atoms with Gasteiger partial charge in [-0.1, -0.05) is 0 Å². The van der Waals surface area contributed by atoms with Crippen LogP contribution >= 0.6 is 11.3 Å². The third-order valence-corrected chi connectivity index (χ3v) is 5.60. The summed E-state index contributed by atoms with van der Waals surface area (Å²) >= 11 is 1.42. The van der Waals surface area contributed by atoms with Crippen molar-refractivity contribution in [3.05, 3.63) is 11.1 Å². The van der Waals surface area contributed by atoms with Crippen LogP contribution in [0.1, 0.15) is 25.5 Å². The van der Waals surface area contributed by atoms with Gasteiger partial charge in [-0.15, -0.1) is 11.3 Å². The van der Waals surface area contributed by atoms with Gasteiger partial charge in [-0.25, -0.2) is 13.4 Å². The molecule has 1 aromatic rings. The molecule has 8 heteroatoms. The molecule has 1 fully saturated rings. The van der Waals surface area contributed by atoms with Crippen LogP contribution in [0.4, 0.5) is 5.13 Å². The Labute approximate surface area is 122 Å². The second kappa shape index (κ2) is 6.53. The summed E-state index contributed by atoms with van der Waals surface area (Å²) in [4.78, 5) is 15.7. The lowest BCUT2D eigenvalue weighted by Crippen LogP contribution is -2.32. The molecule has 0 aliphatic carbocycles. The van der Waals surface area contributed by atoms with Gasteiger partial charge in [0.25, 0.3) is 0 Å². The maximum atomic E-state index is 11.3. The van der Waals surface area contributed by atoms with E-state index >= 15 is 0 Å². The number of aromatic nitrogens is 1. The molecular formula is C12H18N2O4S2. The molecule has 1 saturated heterocycles. The first-order chi connectivity index (χ1) is 9.48. The SMILES string of the molecule is CCOC(=O)Cc1csc(NC2CCS(=O)(=O)CC2)n1. The first-order valence-corrected chi connectivity index (χ1v) is 9.25. The Bertz CT molecular complexity index is 554. The van der Waals surface area contributed by atoms with Gasteiger partial charge in [0.15, 0.2) is 5.13 Å². The average Bonchev–Trinajstić information content (AvgIpc) is 2.79. The lowest BCUT2D eigenvalue weighted by Gasteiger charge is -2.22. The number of nitrogens with one attached hydrogen (secondary N) is 1. The number of thiazole rings is 1. The molecule has 0 spiro atoms. The van der Waals surface area contributed by atoms with Crippen LogP contribution in [0.15, 0.2) is 5.38 Å². The number of nitrogens with zero attached hydrogens (tertiary/aromatic N) is 1. The Morgan fingerprint density at radius 1 is 1.50 bits per heavy atom. The molecule has 0 bridgehead atoms. The summed E-state index contributed by atoms with van der Waals surface area (Å²) in [6.07, 6.45) is 1.38. The van der Waals surface area contributed by atoms with Crippen LogP contribution in [0.3, 0.4) is 0 Å². The molecule has 112 valence electrons. The lowest BCUT2D eigenvalue weighted by atomic mass is 10.2. The number of hydrogen-bond acceptors (Lipinski definition) is 7. The Hall–Kier alpha value is -1.15. The van der Waals surface area contributed by atoms with Crippen molar-refractivity contribution in [1.82, 2.24) is 4.98 Å². The number of anilines is 1. The summed E-state index contributed by atoms with van der Waals surface area (Å²) < 4.78 is 27.6. The first kappa shape index (κ1) is 15.2. The molecule has 0 atom stereocenters. The highest BCUT2D eigenvalue weighted by Gasteiger charge is 2.24. The molecule has 1 aliphatic rings. The molecule has 2 heterocycles. The highest BCUT2D eigenvalue weighted by molar-refractivity contribution is 7.91. The highest BCUT2D eigenvalue weighted by atomic mass is 32.2. The van der Waals surface area contributed by atoms with E-state index in [0.717, 1.165) is 5.13 Å². The minimum Gasteiger partial charge on any atom is -0.466 e. The third-order valence-electron chi connectivity index (χ3n) is 3.06. The average molecular weight is 318 g/mol. The summed E-state index contributed by atoms with van der Waals surface area (Å²) in [6.45, 7) is 2.13. The van der Waals surface area contributed by atoms with Gasteiger partial charge in [0, 0.05) is 11.4 Å². The summed E-state index contributed by atoms with van der Waals surface area (Å²) in [5.41, 5.74) is 0.680. The summed E-state index contributed by atoms with van der Waals surface area (Å²) in [7, 11) is -2.84. The zero-order valence-electron chi connectivity index (χ0n) is 11.3. The van der Waals surface area contributed by atoms with E-state index in [1.54, 1.807) is 6.92 Å². The molecule has 1 N–H and O–H groups in total. The van der Waals surface area contributed by atoms with Crippen LogP contribution < -0.4 is 5.32 Å². The number of hydrogen-bond donors (Lipinski definition) is 1. The van der Waals surface area contributed by atoms with Gasteiger partial charge in [-0.3, -0.25) is 4.79 Å². The summed E-state index contributed by atoms with van der Waals surface area (Å²) in [6, 6.07) is 0.139. The number of carbonyl (C=O) groups is 1. The van der Waals surface area contributed by atoms with Gasteiger partial charge in [-0.2, -0.15) is 0 Å². The van der Waals surface area contributed by atoms with E-state index in [-0.39, 0.29) is 29.9 Å². The normalized spacial score (nSPS) is 18.6. The predicted octanol–water partition coefficient (Wildman–Crippen LogP) is 1.24. The molecule has 0 amide bonds. The number of rotatable bonds is 5. The number of carbonyl (C=O) groups excluding carboxylic acids is 1. The van der Waals surface area contributed by atoms with Gasteiger partial charge >= 0.3 is 5.97 Å². The van der Waals surface area contributed by atoms with Crippen molar-refractivity contribution in [2.75, 3.05) is 23.4 Å². The fourth-order valence-corrected chi connectivity index (χ4v) is 4.30. The number of ether oxygens (including phenoxy) is 1. The minimum atomic E-state index is -2.84. The molecule has 6 nitrogen and oxygen atoms in total. The van der Waals surface area contributed by atoms with Crippen molar-refractivity contribution >= 4 is 32.3 Å². The largest absolute Gasteiger partial charge is 0.466 e. The van der Waals surface area contributed by atoms with Crippen LogP contribution in [0.2, 0.25) is 0 Å². The van der Waals surface area contributed by atoms with Crippen LogP contribution in [0.25, 0.3) is 0 Å². The maximum Gasteiger partial charge on any atom is 0.311 e. The van der Waals surface area contributed by atoms with Crippen molar-refractivity contribution in [3.8, 4) is 0 Å². The molecule has 20 heavy (non-hydrogen) atoms. The molecule has 0 unspecified atom stereocenters. The van der Waals surface area contributed by atoms with Crippen molar-refractivity contribution in [3.63, 3.8) is 0 Å². The van der Waals surface area contributed by atoms with E-state index in [9.17, 15) is 13.2 Å². The number of esters is 1. The summed E-state index contributed by atoms with van der Waals surface area (Å²) in [5.74, 6) is 0.172. The van der Waals surface area contributed by atoms with Gasteiger partial charge in [-0.05, 0) is 19.8 Å². The van der Waals surface area contributed by atoms with E-state index in [4.69, 9.17) is 4.74 Å². The molecular weight excluding hydrogens is 300 g/mol. The van der Waals surface area contributed by atoms with Crippen LogP contribution in [-0.4, -0.2) is 43.5 Å². The van der Waals surface area contributed by atoms with Gasteiger partial charge < -0.3 is 10.1 Å². The van der Waals surface area contributed by atoms with Crippen LogP contribution in [0.5, 0.6) is 0 Å². The minimum absolute atomic E-state index is 0.139. The topological polar surface area (TPSA) is 85.4 Å². The van der Waals surface area contributed by atoms with E-state index in [1.807, 2.05) is 5.38 Å². The molecule has 0 aromatic carbocycles. The van der Waals surface area contributed by atoms with Gasteiger partial charge in [0.1, 0.15) is 9.84 Å². The van der Waals surface area contributed by atoms with Crippen LogP contribution in [0, 0.1) is 0 Å². The quantitative estimate of drug-likeness (QED) is 0.822. The van der Waals surface area contributed by atoms with Gasteiger partial charge in [0.05, 0.1) is 30.2 Å². The monoisotopic (exact) mass is 318 g/mol. The fourth-order valence-electron chi connectivity index (χ4n) is 2.02. The van der Waals surface area contributed by atoms with E-state index < -0.39 is 9.84 Å². The number of sulfone groups is 1. The van der Waals surface area contributed by atoms with Crippen molar-refractivity contribution in [2.24, 2.45) is 0 Å². The predicted molar refractivity (Wildman–Crippen MR) is 77.7 cm³/mol. The van der Waals surface area contributed by atoms with Crippen molar-refractivity contribution < 1.29 is 17.9 Å². The van der Waals surface area contributed by atoms with Crippen molar-refractivity contribution in [2.45, 2.75) is 32.2 Å². The maximum absolute atomic E-state index is 11.3. The third kappa shape index (κ3) is 4.45. The zero-order chi connectivity index (χ0) is 14.6. The second-order valence-corrected chi connectivity index (χ2v) is 7.86. The smallest absolute Gasteiger partial charge is 0.311 e. The standard InChI is InChI=1S/C12H18N2O4S2/c1-2-18-11(15)7-10-8-19-12(14-10)13-9-3-5-20(16,17)6-4-9/h8-9H,2-7H2,1H3,(H,13,14). The lowest BCUT2D eigenvalue weighted by molar-refractivity contribution is -0.142. The Morgan fingerprint density at radius 2 is 2.20 bits per heavy atom. The van der Waals surface area contributed by atoms with E-state index in [0.29, 0.717) is 25.1 Å². The Morgan fingerprint density at radius 3 is 2.85 bits per heavy atom. The summed E-state index contributed by atoms with van der Waals surface area (Å²) in [5, 5.41) is 5.78. The Kier molecular flexibility index (Phi) is 4.98. The van der Waals surface area contributed by atoms with Crippen molar-refractivity contribution in [1.29, 1.82) is 0 Å². The highest BCUT2D eigenvalue weighted by Crippen LogP contribution is 2.21. The van der Waals surface area contributed by atoms with Gasteiger partial charge in [0.2, 0.25) is 0 Å². The van der Waals surface area contributed by atoms with E-state index in [2.05, 4.69) is 10.3 Å².